The highest BCUT2D eigenvalue weighted by atomic mass is 16.6. The average Bonchev–Trinajstić information content (AvgIpc) is 3.43. The molecule has 2 aromatic carbocycles. The van der Waals surface area contributed by atoms with Crippen LogP contribution in [0.1, 0.15) is 47.2 Å². The average molecular weight is 477 g/mol. The zero-order valence-corrected chi connectivity index (χ0v) is 20.0. The highest BCUT2D eigenvalue weighted by Gasteiger charge is 2.40. The minimum Gasteiger partial charge on any atom is -0.337 e. The molecule has 0 spiro atoms. The first-order valence-electron chi connectivity index (χ1n) is 12.6. The summed E-state index contributed by atoms with van der Waals surface area (Å²) < 4.78 is 0. The molecule has 2 aliphatic heterocycles. The predicted octanol–water partition coefficient (Wildman–Crippen LogP) is 3.50. The quantitative estimate of drug-likeness (QED) is 0.487. The number of nitro benzene ring substituents is 1. The van der Waals surface area contributed by atoms with Gasteiger partial charge in [-0.1, -0.05) is 43.2 Å². The summed E-state index contributed by atoms with van der Waals surface area (Å²) in [6, 6.07) is 14.1. The molecule has 0 radical (unpaired) electrons. The van der Waals surface area contributed by atoms with Crippen LogP contribution in [0, 0.1) is 16.0 Å². The van der Waals surface area contributed by atoms with Gasteiger partial charge in [-0.3, -0.25) is 24.6 Å². The Morgan fingerprint density at radius 3 is 2.31 bits per heavy atom. The molecule has 0 bridgehead atoms. The molecule has 1 atom stereocenters. The number of non-ortho nitro benzene ring substituents is 1. The number of hydrogen-bond donors (Lipinski definition) is 0. The van der Waals surface area contributed by atoms with Crippen LogP contribution >= 0.6 is 0 Å². The molecule has 5 rings (SSSR count). The molecule has 0 N–H and O–H groups in total. The van der Waals surface area contributed by atoms with Gasteiger partial charge in [0, 0.05) is 57.0 Å². The molecule has 1 aliphatic carbocycles. The molecule has 0 aromatic heterocycles. The van der Waals surface area contributed by atoms with Crippen LogP contribution in [-0.4, -0.2) is 70.2 Å². The maximum Gasteiger partial charge on any atom is 0.270 e. The van der Waals surface area contributed by atoms with Gasteiger partial charge in [0.15, 0.2) is 0 Å². The first-order chi connectivity index (χ1) is 17.0. The van der Waals surface area contributed by atoms with Gasteiger partial charge in [0.05, 0.1) is 11.0 Å². The number of amides is 2. The van der Waals surface area contributed by atoms with Crippen LogP contribution < -0.4 is 0 Å². The molecule has 3 aliphatic rings. The van der Waals surface area contributed by atoms with Gasteiger partial charge in [-0.15, -0.1) is 0 Å². The van der Waals surface area contributed by atoms with Crippen molar-refractivity contribution in [3.8, 4) is 0 Å². The summed E-state index contributed by atoms with van der Waals surface area (Å²) in [6.07, 6.45) is 5.39. The van der Waals surface area contributed by atoms with Crippen molar-refractivity contribution in [3.63, 3.8) is 0 Å². The Labute approximate surface area is 205 Å². The van der Waals surface area contributed by atoms with E-state index in [1.54, 1.807) is 17.0 Å². The summed E-state index contributed by atoms with van der Waals surface area (Å²) in [5, 5.41) is 11.1. The van der Waals surface area contributed by atoms with Crippen molar-refractivity contribution in [2.75, 3.05) is 32.7 Å². The lowest BCUT2D eigenvalue weighted by Crippen LogP contribution is -2.58. The van der Waals surface area contributed by atoms with Crippen molar-refractivity contribution in [1.82, 2.24) is 14.7 Å². The summed E-state index contributed by atoms with van der Waals surface area (Å²) in [5.74, 6) is 0.397. The van der Waals surface area contributed by atoms with Gasteiger partial charge in [-0.2, -0.15) is 0 Å². The molecule has 184 valence electrons. The number of rotatable bonds is 5. The van der Waals surface area contributed by atoms with Gasteiger partial charge >= 0.3 is 0 Å². The fourth-order valence-corrected chi connectivity index (χ4v) is 5.94. The van der Waals surface area contributed by atoms with E-state index in [0.717, 1.165) is 25.8 Å². The molecule has 8 nitrogen and oxygen atoms in total. The topological polar surface area (TPSA) is 87.0 Å². The van der Waals surface area contributed by atoms with E-state index < -0.39 is 4.92 Å². The Morgan fingerprint density at radius 1 is 0.886 bits per heavy atom. The van der Waals surface area contributed by atoms with Crippen molar-refractivity contribution >= 4 is 17.5 Å². The van der Waals surface area contributed by atoms with E-state index in [4.69, 9.17) is 0 Å². The lowest BCUT2D eigenvalue weighted by molar-refractivity contribution is -0.384. The fourth-order valence-electron chi connectivity index (χ4n) is 5.94. The molecule has 8 heteroatoms. The van der Waals surface area contributed by atoms with Gasteiger partial charge in [0.25, 0.3) is 11.6 Å². The first kappa shape index (κ1) is 23.5. The Kier molecular flexibility index (Phi) is 6.81. The number of carbonyl (C=O) groups excluding carboxylic acids is 2. The lowest BCUT2D eigenvalue weighted by Gasteiger charge is -2.43. The van der Waals surface area contributed by atoms with E-state index in [1.807, 2.05) is 11.0 Å². The highest BCUT2D eigenvalue weighted by molar-refractivity contribution is 5.95. The van der Waals surface area contributed by atoms with Crippen molar-refractivity contribution in [1.29, 1.82) is 0 Å². The van der Waals surface area contributed by atoms with Crippen LogP contribution in [0.3, 0.4) is 0 Å². The minimum absolute atomic E-state index is 0.0792. The Hall–Kier alpha value is -3.26. The SMILES string of the molecule is O=C(c1cccc([N+](=O)[O-])c1)N1CCN(C(C(=O)N2CCc3ccccc3C2)C2CCCC2)CC1. The molecule has 1 saturated carbocycles. The normalized spacial score (nSPS) is 19.9. The van der Waals surface area contributed by atoms with Gasteiger partial charge in [-0.05, 0) is 42.4 Å². The third kappa shape index (κ3) is 4.93. The van der Waals surface area contributed by atoms with Crippen molar-refractivity contribution < 1.29 is 14.5 Å². The molecule has 2 aromatic rings. The van der Waals surface area contributed by atoms with E-state index in [1.165, 1.54) is 36.1 Å². The highest BCUT2D eigenvalue weighted by Crippen LogP contribution is 2.33. The van der Waals surface area contributed by atoms with Gasteiger partial charge < -0.3 is 9.80 Å². The largest absolute Gasteiger partial charge is 0.337 e. The maximum absolute atomic E-state index is 13.9. The van der Waals surface area contributed by atoms with Gasteiger partial charge in [0.2, 0.25) is 5.91 Å². The van der Waals surface area contributed by atoms with E-state index in [9.17, 15) is 19.7 Å². The number of benzene rings is 2. The Morgan fingerprint density at radius 2 is 1.60 bits per heavy atom. The Balaban J connectivity index is 1.27. The maximum atomic E-state index is 13.9. The summed E-state index contributed by atoms with van der Waals surface area (Å²) in [4.78, 5) is 43.6. The molecular weight excluding hydrogens is 444 g/mol. The molecule has 2 amide bonds. The third-order valence-corrected chi connectivity index (χ3v) is 7.84. The van der Waals surface area contributed by atoms with Crippen LogP contribution in [0.4, 0.5) is 5.69 Å². The number of fused-ring (bicyclic) bond motifs is 1. The summed E-state index contributed by atoms with van der Waals surface area (Å²) in [5.41, 5.74) is 2.83. The zero-order valence-electron chi connectivity index (χ0n) is 20.0. The van der Waals surface area contributed by atoms with Crippen LogP contribution in [0.5, 0.6) is 0 Å². The van der Waals surface area contributed by atoms with Crippen molar-refractivity contribution in [2.45, 2.75) is 44.7 Å². The summed E-state index contributed by atoms with van der Waals surface area (Å²) >= 11 is 0. The molecular formula is C27H32N4O4. The number of carbonyl (C=O) groups is 2. The summed E-state index contributed by atoms with van der Waals surface area (Å²) in [6.45, 7) is 3.73. The number of nitro groups is 1. The monoisotopic (exact) mass is 476 g/mol. The fraction of sp³-hybridized carbons (Fsp3) is 0.481. The molecule has 2 fully saturated rings. The lowest BCUT2D eigenvalue weighted by atomic mass is 9.92. The van der Waals surface area contributed by atoms with Crippen LogP contribution in [0.15, 0.2) is 48.5 Å². The second kappa shape index (κ2) is 10.2. The standard InChI is InChI=1S/C27H32N4O4/c32-26(22-10-5-11-24(18-22)31(34)35)29-16-14-28(15-17-29)25(21-7-2-3-8-21)27(33)30-13-12-20-6-1-4-9-23(20)19-30/h1,4-6,9-11,18,21,25H,2-3,7-8,12-17,19H2. The van der Waals surface area contributed by atoms with Crippen molar-refractivity contribution in [2.24, 2.45) is 5.92 Å². The number of hydrogen-bond acceptors (Lipinski definition) is 5. The molecule has 35 heavy (non-hydrogen) atoms. The predicted molar refractivity (Wildman–Crippen MR) is 132 cm³/mol. The zero-order chi connectivity index (χ0) is 24.4. The van der Waals surface area contributed by atoms with Crippen molar-refractivity contribution in [3.05, 3.63) is 75.3 Å². The summed E-state index contributed by atoms with van der Waals surface area (Å²) in [7, 11) is 0. The second-order valence-electron chi connectivity index (χ2n) is 9.90. The Bertz CT molecular complexity index is 1110. The molecule has 2 heterocycles. The van der Waals surface area contributed by atoms with Crippen LogP contribution in [0.2, 0.25) is 0 Å². The smallest absolute Gasteiger partial charge is 0.270 e. The van der Waals surface area contributed by atoms with E-state index in [0.29, 0.717) is 44.2 Å². The third-order valence-electron chi connectivity index (χ3n) is 7.84. The van der Waals surface area contributed by atoms with Gasteiger partial charge in [0.1, 0.15) is 0 Å². The molecule has 1 unspecified atom stereocenters. The van der Waals surface area contributed by atoms with Gasteiger partial charge in [-0.25, -0.2) is 0 Å². The second-order valence-corrected chi connectivity index (χ2v) is 9.90. The molecule has 1 saturated heterocycles. The van der Waals surface area contributed by atoms with E-state index >= 15 is 0 Å². The van der Waals surface area contributed by atoms with Crippen LogP contribution in [-0.2, 0) is 17.8 Å². The van der Waals surface area contributed by atoms with Crippen LogP contribution in [0.25, 0.3) is 0 Å². The number of piperazine rings is 1. The first-order valence-corrected chi connectivity index (χ1v) is 12.6. The number of nitrogens with zero attached hydrogens (tertiary/aromatic N) is 4. The minimum atomic E-state index is -0.481. The van der Waals surface area contributed by atoms with E-state index in [2.05, 4.69) is 23.1 Å². The van der Waals surface area contributed by atoms with E-state index in [-0.39, 0.29) is 23.5 Å².